The lowest BCUT2D eigenvalue weighted by molar-refractivity contribution is 0.0950. The third-order valence-electron chi connectivity index (χ3n) is 4.32. The summed E-state index contributed by atoms with van der Waals surface area (Å²) in [5.41, 5.74) is 3.91. The normalized spacial score (nSPS) is 10.7. The Morgan fingerprint density at radius 3 is 2.58 bits per heavy atom. The van der Waals surface area contributed by atoms with Crippen molar-refractivity contribution in [3.05, 3.63) is 70.7 Å². The zero-order valence-electron chi connectivity index (χ0n) is 15.2. The Kier molecular flexibility index (Phi) is 5.02. The number of pyridine rings is 1. The molecule has 3 aromatic rings. The van der Waals surface area contributed by atoms with E-state index < -0.39 is 0 Å². The van der Waals surface area contributed by atoms with Gasteiger partial charge in [0.1, 0.15) is 5.75 Å². The fourth-order valence-corrected chi connectivity index (χ4v) is 3.01. The summed E-state index contributed by atoms with van der Waals surface area (Å²) in [4.78, 5) is 16.9. The second-order valence-electron chi connectivity index (χ2n) is 6.22. The van der Waals surface area contributed by atoms with Crippen LogP contribution in [0.4, 0.5) is 0 Å². The Hall–Kier alpha value is -3.15. The van der Waals surface area contributed by atoms with Gasteiger partial charge in [-0.25, -0.2) is 9.67 Å². The molecule has 0 radical (unpaired) electrons. The highest BCUT2D eigenvalue weighted by Gasteiger charge is 2.17. The zero-order valence-corrected chi connectivity index (χ0v) is 15.2. The molecule has 3 rings (SSSR count). The predicted molar refractivity (Wildman–Crippen MR) is 99.5 cm³/mol. The molecule has 0 atom stereocenters. The number of aryl methyl sites for hydroxylation is 2. The summed E-state index contributed by atoms with van der Waals surface area (Å²) >= 11 is 0. The number of hydrogen-bond donors (Lipinski definition) is 2. The average Bonchev–Trinajstić information content (AvgIpc) is 3.08. The lowest BCUT2D eigenvalue weighted by atomic mass is 10.1. The fourth-order valence-electron chi connectivity index (χ4n) is 3.01. The van der Waals surface area contributed by atoms with Gasteiger partial charge in [0.2, 0.25) is 0 Å². The number of benzene rings is 1. The number of carbonyl (C=O) groups excluding carboxylic acids is 1. The lowest BCUT2D eigenvalue weighted by Gasteiger charge is -2.10. The molecule has 6 heteroatoms. The van der Waals surface area contributed by atoms with E-state index in [9.17, 15) is 9.90 Å². The number of nitrogens with zero attached hydrogens (tertiary/aromatic N) is 3. The smallest absolute Gasteiger partial charge is 0.255 e. The Labute approximate surface area is 152 Å². The minimum atomic E-state index is -0.174. The van der Waals surface area contributed by atoms with Crippen molar-refractivity contribution in [3.63, 3.8) is 0 Å². The zero-order chi connectivity index (χ0) is 18.7. The van der Waals surface area contributed by atoms with Crippen LogP contribution in [0, 0.1) is 13.8 Å². The molecule has 0 saturated carbocycles. The van der Waals surface area contributed by atoms with Crippen molar-refractivity contribution in [2.45, 2.75) is 33.7 Å². The van der Waals surface area contributed by atoms with E-state index in [2.05, 4.69) is 15.4 Å². The summed E-state index contributed by atoms with van der Waals surface area (Å²) in [6.07, 6.45) is 3.94. The van der Waals surface area contributed by atoms with Gasteiger partial charge in [-0.3, -0.25) is 4.79 Å². The van der Waals surface area contributed by atoms with Gasteiger partial charge < -0.3 is 10.4 Å². The van der Waals surface area contributed by atoms with Crippen LogP contribution in [-0.2, 0) is 13.0 Å². The molecule has 134 valence electrons. The maximum Gasteiger partial charge on any atom is 0.255 e. The fraction of sp³-hybridized carbons (Fsp3) is 0.250. The molecular weight excluding hydrogens is 328 g/mol. The summed E-state index contributed by atoms with van der Waals surface area (Å²) in [7, 11) is 0. The molecule has 1 amide bonds. The molecule has 1 aromatic carbocycles. The van der Waals surface area contributed by atoms with E-state index in [-0.39, 0.29) is 5.91 Å². The van der Waals surface area contributed by atoms with Gasteiger partial charge in [-0.05, 0) is 49.1 Å². The van der Waals surface area contributed by atoms with Crippen LogP contribution < -0.4 is 5.32 Å². The topological polar surface area (TPSA) is 80.0 Å². The Morgan fingerprint density at radius 1 is 1.23 bits per heavy atom. The summed E-state index contributed by atoms with van der Waals surface area (Å²) < 4.78 is 1.70. The van der Waals surface area contributed by atoms with E-state index >= 15 is 0 Å². The van der Waals surface area contributed by atoms with E-state index in [1.807, 2.05) is 51.1 Å². The second-order valence-corrected chi connectivity index (χ2v) is 6.22. The molecule has 0 saturated heterocycles. The van der Waals surface area contributed by atoms with E-state index in [0.29, 0.717) is 30.1 Å². The minimum Gasteiger partial charge on any atom is -0.507 e. The molecule has 2 N–H and O–H groups in total. The van der Waals surface area contributed by atoms with Gasteiger partial charge in [0.05, 0.1) is 17.5 Å². The van der Waals surface area contributed by atoms with Gasteiger partial charge in [-0.1, -0.05) is 25.1 Å². The van der Waals surface area contributed by atoms with Gasteiger partial charge >= 0.3 is 0 Å². The van der Waals surface area contributed by atoms with E-state index in [0.717, 1.165) is 22.4 Å². The number of rotatable bonds is 5. The van der Waals surface area contributed by atoms with Crippen LogP contribution in [0.5, 0.6) is 5.75 Å². The third-order valence-corrected chi connectivity index (χ3v) is 4.32. The molecule has 6 nitrogen and oxygen atoms in total. The first-order chi connectivity index (χ1) is 12.5. The molecule has 0 bridgehead atoms. The molecule has 2 heterocycles. The van der Waals surface area contributed by atoms with Crippen LogP contribution in [0.2, 0.25) is 0 Å². The van der Waals surface area contributed by atoms with Crippen molar-refractivity contribution in [2.75, 3.05) is 0 Å². The molecule has 0 spiro atoms. The van der Waals surface area contributed by atoms with Crippen molar-refractivity contribution < 1.29 is 9.90 Å². The van der Waals surface area contributed by atoms with Crippen LogP contribution in [0.25, 0.3) is 5.82 Å². The molecule has 2 aromatic heterocycles. The van der Waals surface area contributed by atoms with Crippen molar-refractivity contribution >= 4 is 5.91 Å². The molecule has 0 fully saturated rings. The van der Waals surface area contributed by atoms with Crippen molar-refractivity contribution in [1.29, 1.82) is 0 Å². The first kappa shape index (κ1) is 17.7. The quantitative estimate of drug-likeness (QED) is 0.741. The minimum absolute atomic E-state index is 0.174. The highest BCUT2D eigenvalue weighted by atomic mass is 16.3. The number of phenols is 1. The number of aromatic hydroxyl groups is 1. The Morgan fingerprint density at radius 2 is 1.96 bits per heavy atom. The van der Waals surface area contributed by atoms with Crippen molar-refractivity contribution in [1.82, 2.24) is 20.1 Å². The van der Waals surface area contributed by atoms with Crippen LogP contribution in [0.3, 0.4) is 0 Å². The Bertz CT molecular complexity index is 909. The number of amides is 1. The van der Waals surface area contributed by atoms with E-state index in [4.69, 9.17) is 0 Å². The maximum absolute atomic E-state index is 12.6. The molecule has 0 unspecified atom stereocenters. The van der Waals surface area contributed by atoms with Gasteiger partial charge in [0.15, 0.2) is 5.82 Å². The standard InChI is InChI=1S/C20H22N4O2/c1-4-17-16(12-23-24(17)18-7-5-6-8-21-18)20(26)22-11-15-9-13(2)19(25)14(3)10-15/h5-10,12,25H,4,11H2,1-3H3,(H,22,26). The van der Waals surface area contributed by atoms with Gasteiger partial charge in [0.25, 0.3) is 5.91 Å². The summed E-state index contributed by atoms with van der Waals surface area (Å²) in [5, 5.41) is 17.1. The maximum atomic E-state index is 12.6. The first-order valence-electron chi connectivity index (χ1n) is 8.56. The third kappa shape index (κ3) is 3.44. The number of hydrogen-bond acceptors (Lipinski definition) is 4. The highest BCUT2D eigenvalue weighted by molar-refractivity contribution is 5.95. The second kappa shape index (κ2) is 7.39. The molecular formula is C20H22N4O2. The van der Waals surface area contributed by atoms with Crippen molar-refractivity contribution in [3.8, 4) is 11.6 Å². The predicted octanol–water partition coefficient (Wildman–Crippen LogP) is 3.08. The van der Waals surface area contributed by atoms with Gasteiger partial charge in [-0.2, -0.15) is 5.10 Å². The van der Waals surface area contributed by atoms with Crippen LogP contribution >= 0.6 is 0 Å². The largest absolute Gasteiger partial charge is 0.507 e. The summed E-state index contributed by atoms with van der Waals surface area (Å²) in [6.45, 7) is 6.07. The summed E-state index contributed by atoms with van der Waals surface area (Å²) in [6, 6.07) is 9.34. The Balaban J connectivity index is 1.79. The highest BCUT2D eigenvalue weighted by Crippen LogP contribution is 2.23. The number of phenolic OH excluding ortho intramolecular Hbond substituents is 1. The van der Waals surface area contributed by atoms with E-state index in [1.54, 1.807) is 17.1 Å². The number of nitrogens with one attached hydrogen (secondary N) is 1. The molecule has 26 heavy (non-hydrogen) atoms. The van der Waals surface area contributed by atoms with Crippen LogP contribution in [0.15, 0.2) is 42.7 Å². The van der Waals surface area contributed by atoms with Gasteiger partial charge in [0, 0.05) is 12.7 Å². The molecule has 0 aliphatic heterocycles. The molecule has 0 aliphatic carbocycles. The van der Waals surface area contributed by atoms with Crippen molar-refractivity contribution in [2.24, 2.45) is 0 Å². The number of carbonyl (C=O) groups is 1. The lowest BCUT2D eigenvalue weighted by Crippen LogP contribution is -2.24. The SMILES string of the molecule is CCc1c(C(=O)NCc2cc(C)c(O)c(C)c2)cnn1-c1ccccn1. The average molecular weight is 350 g/mol. The van der Waals surface area contributed by atoms with Crippen LogP contribution in [-0.4, -0.2) is 25.8 Å². The summed E-state index contributed by atoms with van der Waals surface area (Å²) in [5.74, 6) is 0.811. The monoisotopic (exact) mass is 350 g/mol. The van der Waals surface area contributed by atoms with E-state index in [1.165, 1.54) is 0 Å². The first-order valence-corrected chi connectivity index (χ1v) is 8.56. The van der Waals surface area contributed by atoms with Crippen LogP contribution in [0.1, 0.15) is 39.7 Å². The molecule has 0 aliphatic rings. The number of aromatic nitrogens is 3. The van der Waals surface area contributed by atoms with Gasteiger partial charge in [-0.15, -0.1) is 0 Å².